The average Bonchev–Trinajstić information content (AvgIpc) is 2.67. The second kappa shape index (κ2) is 8.14. The standard InChI is InChI=1S/C19H19N3O2/c20-13-17-3-1-2-4-18(17)15-24-21-14-16-5-7-19(8-6-16)22-9-11-23-12-10-22/h1-8,14H,9-12,15H2. The van der Waals surface area contributed by atoms with Crippen LogP contribution in [0.15, 0.2) is 53.7 Å². The highest BCUT2D eigenvalue weighted by atomic mass is 16.6. The largest absolute Gasteiger partial charge is 0.391 e. The SMILES string of the molecule is N#Cc1ccccc1CON=Cc1ccc(N2CCOCC2)cc1. The Bertz CT molecular complexity index is 729. The summed E-state index contributed by atoms with van der Waals surface area (Å²) in [7, 11) is 0. The molecule has 5 heteroatoms. The normalized spacial score (nSPS) is 14.5. The van der Waals surface area contributed by atoms with Crippen molar-refractivity contribution in [1.82, 2.24) is 0 Å². The van der Waals surface area contributed by atoms with Gasteiger partial charge in [-0.15, -0.1) is 0 Å². The van der Waals surface area contributed by atoms with Gasteiger partial charge in [0.15, 0.2) is 0 Å². The molecule has 0 unspecified atom stereocenters. The first kappa shape index (κ1) is 16.0. The van der Waals surface area contributed by atoms with Gasteiger partial charge in [0.1, 0.15) is 6.61 Å². The van der Waals surface area contributed by atoms with E-state index in [1.54, 1.807) is 12.3 Å². The summed E-state index contributed by atoms with van der Waals surface area (Å²) in [5.41, 5.74) is 3.61. The Morgan fingerprint density at radius 3 is 2.62 bits per heavy atom. The predicted molar refractivity (Wildman–Crippen MR) is 93.0 cm³/mol. The van der Waals surface area contributed by atoms with E-state index in [4.69, 9.17) is 14.8 Å². The highest BCUT2D eigenvalue weighted by Crippen LogP contribution is 2.16. The lowest BCUT2D eigenvalue weighted by atomic mass is 10.1. The van der Waals surface area contributed by atoms with Crippen LogP contribution in [0.5, 0.6) is 0 Å². The fourth-order valence-corrected chi connectivity index (χ4v) is 2.55. The molecule has 0 bridgehead atoms. The van der Waals surface area contributed by atoms with Crippen molar-refractivity contribution >= 4 is 11.9 Å². The maximum Gasteiger partial charge on any atom is 0.143 e. The first-order valence-corrected chi connectivity index (χ1v) is 7.93. The molecule has 1 fully saturated rings. The van der Waals surface area contributed by atoms with E-state index in [-0.39, 0.29) is 6.61 Å². The van der Waals surface area contributed by atoms with E-state index in [1.807, 2.05) is 30.3 Å². The second-order valence-electron chi connectivity index (χ2n) is 5.47. The third-order valence-electron chi connectivity index (χ3n) is 3.90. The summed E-state index contributed by atoms with van der Waals surface area (Å²) in [5, 5.41) is 13.0. The second-order valence-corrected chi connectivity index (χ2v) is 5.47. The van der Waals surface area contributed by atoms with Crippen LogP contribution in [0.3, 0.4) is 0 Å². The maximum absolute atomic E-state index is 9.03. The van der Waals surface area contributed by atoms with Gasteiger partial charge in [-0.25, -0.2) is 0 Å². The van der Waals surface area contributed by atoms with E-state index in [2.05, 4.69) is 28.3 Å². The van der Waals surface area contributed by atoms with Gasteiger partial charge in [-0.3, -0.25) is 0 Å². The van der Waals surface area contributed by atoms with Gasteiger partial charge in [-0.2, -0.15) is 5.26 Å². The maximum atomic E-state index is 9.03. The van der Waals surface area contributed by atoms with Crippen molar-refractivity contribution in [3.05, 3.63) is 65.2 Å². The Kier molecular flexibility index (Phi) is 5.44. The van der Waals surface area contributed by atoms with Gasteiger partial charge >= 0.3 is 0 Å². The molecule has 122 valence electrons. The first-order valence-electron chi connectivity index (χ1n) is 7.93. The average molecular weight is 321 g/mol. The number of hydrogen-bond acceptors (Lipinski definition) is 5. The predicted octanol–water partition coefficient (Wildman–Crippen LogP) is 2.95. The molecule has 0 aromatic heterocycles. The molecule has 0 atom stereocenters. The van der Waals surface area contributed by atoms with Crippen molar-refractivity contribution in [1.29, 1.82) is 5.26 Å². The summed E-state index contributed by atoms with van der Waals surface area (Å²) >= 11 is 0. The van der Waals surface area contributed by atoms with Crippen molar-refractivity contribution in [2.75, 3.05) is 31.2 Å². The molecule has 1 aliphatic rings. The number of oxime groups is 1. The van der Waals surface area contributed by atoms with Crippen LogP contribution in [-0.2, 0) is 16.2 Å². The summed E-state index contributed by atoms with van der Waals surface area (Å²) in [5.74, 6) is 0. The molecule has 3 rings (SSSR count). The van der Waals surface area contributed by atoms with E-state index >= 15 is 0 Å². The molecule has 1 aliphatic heterocycles. The molecule has 0 spiro atoms. The summed E-state index contributed by atoms with van der Waals surface area (Å²) in [4.78, 5) is 7.61. The molecule has 24 heavy (non-hydrogen) atoms. The van der Waals surface area contributed by atoms with Crippen LogP contribution in [0.1, 0.15) is 16.7 Å². The van der Waals surface area contributed by atoms with Gasteiger partial charge in [-0.05, 0) is 23.8 Å². The third kappa shape index (κ3) is 4.12. The molecule has 1 heterocycles. The Labute approximate surface area is 141 Å². The number of nitrogens with zero attached hydrogens (tertiary/aromatic N) is 3. The Morgan fingerprint density at radius 2 is 1.88 bits per heavy atom. The van der Waals surface area contributed by atoms with Gasteiger partial charge in [0.25, 0.3) is 0 Å². The number of anilines is 1. The monoisotopic (exact) mass is 321 g/mol. The summed E-state index contributed by atoms with van der Waals surface area (Å²) < 4.78 is 5.36. The van der Waals surface area contributed by atoms with E-state index < -0.39 is 0 Å². The van der Waals surface area contributed by atoms with E-state index in [1.165, 1.54) is 5.69 Å². The minimum Gasteiger partial charge on any atom is -0.391 e. The van der Waals surface area contributed by atoms with E-state index in [0.717, 1.165) is 37.4 Å². The number of hydrogen-bond donors (Lipinski definition) is 0. The highest BCUT2D eigenvalue weighted by molar-refractivity contribution is 5.79. The minimum absolute atomic E-state index is 0.284. The zero-order valence-electron chi connectivity index (χ0n) is 13.4. The lowest BCUT2D eigenvalue weighted by Gasteiger charge is -2.28. The Balaban J connectivity index is 1.54. The van der Waals surface area contributed by atoms with Crippen molar-refractivity contribution in [2.24, 2.45) is 5.16 Å². The van der Waals surface area contributed by atoms with E-state index in [9.17, 15) is 0 Å². The Hall–Kier alpha value is -2.84. The quantitative estimate of drug-likeness (QED) is 0.627. The molecule has 0 radical (unpaired) electrons. The lowest BCUT2D eigenvalue weighted by molar-refractivity contribution is 0.122. The molecule has 0 aliphatic carbocycles. The number of benzene rings is 2. The van der Waals surface area contributed by atoms with Crippen molar-refractivity contribution in [3.8, 4) is 6.07 Å². The van der Waals surface area contributed by atoms with Crippen LogP contribution in [0.4, 0.5) is 5.69 Å². The first-order chi connectivity index (χ1) is 11.9. The van der Waals surface area contributed by atoms with E-state index in [0.29, 0.717) is 5.56 Å². The fraction of sp³-hybridized carbons (Fsp3) is 0.263. The molecule has 0 saturated carbocycles. The fourth-order valence-electron chi connectivity index (χ4n) is 2.55. The molecular weight excluding hydrogens is 302 g/mol. The van der Waals surface area contributed by atoms with Gasteiger partial charge in [0, 0.05) is 24.3 Å². The van der Waals surface area contributed by atoms with Crippen LogP contribution in [-0.4, -0.2) is 32.5 Å². The molecule has 0 amide bonds. The van der Waals surface area contributed by atoms with Gasteiger partial charge in [-0.1, -0.05) is 35.5 Å². The molecular formula is C19H19N3O2. The minimum atomic E-state index is 0.284. The molecule has 5 nitrogen and oxygen atoms in total. The summed E-state index contributed by atoms with van der Waals surface area (Å²) in [6.07, 6.45) is 1.68. The number of rotatable bonds is 5. The zero-order chi connectivity index (χ0) is 16.6. The number of ether oxygens (including phenoxy) is 1. The van der Waals surface area contributed by atoms with Crippen LogP contribution in [0.2, 0.25) is 0 Å². The number of nitriles is 1. The summed E-state index contributed by atoms with van der Waals surface area (Å²) in [6.45, 7) is 3.69. The van der Waals surface area contributed by atoms with Crippen LogP contribution in [0, 0.1) is 11.3 Å². The van der Waals surface area contributed by atoms with Crippen LogP contribution < -0.4 is 4.90 Å². The molecule has 1 saturated heterocycles. The van der Waals surface area contributed by atoms with Crippen LogP contribution >= 0.6 is 0 Å². The highest BCUT2D eigenvalue weighted by Gasteiger charge is 2.10. The summed E-state index contributed by atoms with van der Waals surface area (Å²) in [6, 6.07) is 17.7. The van der Waals surface area contributed by atoms with Gasteiger partial charge in [0.2, 0.25) is 0 Å². The third-order valence-corrected chi connectivity index (χ3v) is 3.90. The van der Waals surface area contributed by atoms with Crippen LogP contribution in [0.25, 0.3) is 0 Å². The topological polar surface area (TPSA) is 57.8 Å². The lowest BCUT2D eigenvalue weighted by Crippen LogP contribution is -2.36. The molecule has 2 aromatic rings. The van der Waals surface area contributed by atoms with Crippen molar-refractivity contribution in [2.45, 2.75) is 6.61 Å². The van der Waals surface area contributed by atoms with Crippen molar-refractivity contribution in [3.63, 3.8) is 0 Å². The zero-order valence-corrected chi connectivity index (χ0v) is 13.4. The van der Waals surface area contributed by atoms with Crippen molar-refractivity contribution < 1.29 is 9.57 Å². The molecule has 0 N–H and O–H groups in total. The smallest absolute Gasteiger partial charge is 0.143 e. The Morgan fingerprint density at radius 1 is 1.12 bits per heavy atom. The van der Waals surface area contributed by atoms with Gasteiger partial charge in [0.05, 0.1) is 31.1 Å². The van der Waals surface area contributed by atoms with Gasteiger partial charge < -0.3 is 14.5 Å². The molecule has 2 aromatic carbocycles. The number of morpholine rings is 1.